The van der Waals surface area contributed by atoms with Crippen molar-refractivity contribution in [3.05, 3.63) is 59.7 Å². The van der Waals surface area contributed by atoms with E-state index in [1.165, 1.54) is 0 Å². The number of aliphatic hydroxyl groups excluding tert-OH is 1. The molecule has 5 heteroatoms. The smallest absolute Gasteiger partial charge is 0.254 e. The van der Waals surface area contributed by atoms with Gasteiger partial charge in [-0.15, -0.1) is 0 Å². The monoisotopic (exact) mass is 297 g/mol. The van der Waals surface area contributed by atoms with Crippen LogP contribution in [0.3, 0.4) is 0 Å². The van der Waals surface area contributed by atoms with Crippen LogP contribution in [0.25, 0.3) is 0 Å². The first-order valence-corrected chi connectivity index (χ1v) is 7.48. The predicted octanol–water partition coefficient (Wildman–Crippen LogP) is 2.09. The zero-order valence-electron chi connectivity index (χ0n) is 12.4. The minimum Gasteiger partial charge on any atom is -0.378 e. The average Bonchev–Trinajstić information content (AvgIpc) is 3.37. The van der Waals surface area contributed by atoms with Crippen molar-refractivity contribution in [2.45, 2.75) is 31.9 Å². The van der Waals surface area contributed by atoms with Crippen LogP contribution in [0.2, 0.25) is 0 Å². The van der Waals surface area contributed by atoms with Crippen LogP contribution >= 0.6 is 0 Å². The van der Waals surface area contributed by atoms with E-state index in [-0.39, 0.29) is 6.04 Å². The Hall–Kier alpha value is -2.27. The molecule has 5 nitrogen and oxygen atoms in total. The van der Waals surface area contributed by atoms with Crippen molar-refractivity contribution in [1.82, 2.24) is 15.3 Å². The summed E-state index contributed by atoms with van der Waals surface area (Å²) in [6.07, 6.45) is 2.62. The van der Waals surface area contributed by atoms with Crippen molar-refractivity contribution in [1.29, 1.82) is 0 Å². The van der Waals surface area contributed by atoms with Crippen LogP contribution in [0.4, 0.5) is 0 Å². The third-order valence-corrected chi connectivity index (χ3v) is 3.85. The standard InChI is InChI=1S/C17H19N3O2/c1-11-9-10-18-16(19-11)14(12-7-8-12)20-17(22)15(21)13-5-3-2-4-6-13/h2-6,9-10,12,14-15,21H,7-8H2,1H3,(H,20,22)/t14-,15+/m0/s1. The van der Waals surface area contributed by atoms with Gasteiger partial charge in [-0.2, -0.15) is 0 Å². The van der Waals surface area contributed by atoms with Gasteiger partial charge in [-0.05, 0) is 37.3 Å². The molecule has 2 atom stereocenters. The fourth-order valence-corrected chi connectivity index (χ4v) is 2.46. The summed E-state index contributed by atoms with van der Waals surface area (Å²) in [5.74, 6) is 0.568. The van der Waals surface area contributed by atoms with Gasteiger partial charge in [0.05, 0.1) is 6.04 Å². The van der Waals surface area contributed by atoms with E-state index < -0.39 is 12.0 Å². The van der Waals surface area contributed by atoms with Crippen molar-refractivity contribution in [3.8, 4) is 0 Å². The summed E-state index contributed by atoms with van der Waals surface area (Å²) in [7, 11) is 0. The Morgan fingerprint density at radius 1 is 1.27 bits per heavy atom. The highest BCUT2D eigenvalue weighted by atomic mass is 16.3. The van der Waals surface area contributed by atoms with E-state index in [2.05, 4.69) is 15.3 Å². The predicted molar refractivity (Wildman–Crippen MR) is 81.8 cm³/mol. The SMILES string of the molecule is Cc1ccnc([C@@H](NC(=O)[C@H](O)c2ccccc2)C2CC2)n1. The maximum atomic E-state index is 12.3. The number of nitrogens with one attached hydrogen (secondary N) is 1. The van der Waals surface area contributed by atoms with Crippen LogP contribution in [-0.4, -0.2) is 21.0 Å². The molecule has 1 aromatic carbocycles. The molecule has 0 spiro atoms. The Balaban J connectivity index is 1.75. The van der Waals surface area contributed by atoms with E-state index in [1.807, 2.05) is 19.1 Å². The lowest BCUT2D eigenvalue weighted by atomic mass is 10.1. The lowest BCUT2D eigenvalue weighted by Gasteiger charge is -2.19. The van der Waals surface area contributed by atoms with Gasteiger partial charge in [0.2, 0.25) is 0 Å². The van der Waals surface area contributed by atoms with Crippen molar-refractivity contribution < 1.29 is 9.90 Å². The number of rotatable bonds is 5. The Kier molecular flexibility index (Phi) is 4.15. The van der Waals surface area contributed by atoms with Gasteiger partial charge >= 0.3 is 0 Å². The Labute approximate surface area is 129 Å². The van der Waals surface area contributed by atoms with Gasteiger partial charge in [0, 0.05) is 11.9 Å². The maximum absolute atomic E-state index is 12.3. The normalized spacial score (nSPS) is 16.8. The van der Waals surface area contributed by atoms with Gasteiger partial charge in [0.1, 0.15) is 0 Å². The molecule has 0 unspecified atom stereocenters. The summed E-state index contributed by atoms with van der Waals surface area (Å²) >= 11 is 0. The molecule has 0 aliphatic heterocycles. The van der Waals surface area contributed by atoms with Crippen molar-refractivity contribution in [2.75, 3.05) is 0 Å². The Bertz CT molecular complexity index is 656. The molecule has 0 bridgehead atoms. The van der Waals surface area contributed by atoms with Crippen molar-refractivity contribution in [3.63, 3.8) is 0 Å². The van der Waals surface area contributed by atoms with Gasteiger partial charge in [0.25, 0.3) is 5.91 Å². The quantitative estimate of drug-likeness (QED) is 0.886. The first-order valence-electron chi connectivity index (χ1n) is 7.48. The van der Waals surface area contributed by atoms with E-state index in [9.17, 15) is 9.90 Å². The first-order chi connectivity index (χ1) is 10.6. The van der Waals surface area contributed by atoms with Gasteiger partial charge in [0.15, 0.2) is 11.9 Å². The second-order valence-electron chi connectivity index (χ2n) is 5.69. The zero-order valence-corrected chi connectivity index (χ0v) is 12.4. The first kappa shape index (κ1) is 14.7. The van der Waals surface area contributed by atoms with E-state index in [1.54, 1.807) is 30.5 Å². The summed E-state index contributed by atoms with van der Waals surface area (Å²) in [6.45, 7) is 1.90. The summed E-state index contributed by atoms with van der Waals surface area (Å²) in [5.41, 5.74) is 1.45. The summed E-state index contributed by atoms with van der Waals surface area (Å²) in [5, 5.41) is 13.1. The summed E-state index contributed by atoms with van der Waals surface area (Å²) < 4.78 is 0. The molecule has 1 heterocycles. The van der Waals surface area contributed by atoms with Gasteiger partial charge in [-0.1, -0.05) is 30.3 Å². The topological polar surface area (TPSA) is 75.1 Å². The van der Waals surface area contributed by atoms with E-state index in [0.717, 1.165) is 18.5 Å². The molecule has 1 aromatic heterocycles. The van der Waals surface area contributed by atoms with Crippen LogP contribution < -0.4 is 5.32 Å². The van der Waals surface area contributed by atoms with Crippen molar-refractivity contribution in [2.24, 2.45) is 5.92 Å². The summed E-state index contributed by atoms with van der Waals surface area (Å²) in [4.78, 5) is 21.0. The van der Waals surface area contributed by atoms with E-state index >= 15 is 0 Å². The molecule has 0 radical (unpaired) electrons. The molecule has 1 aliphatic rings. The number of hydrogen-bond acceptors (Lipinski definition) is 4. The molecule has 1 aliphatic carbocycles. The number of amides is 1. The molecular weight excluding hydrogens is 278 g/mol. The number of aromatic nitrogens is 2. The molecule has 22 heavy (non-hydrogen) atoms. The minimum atomic E-state index is -1.17. The molecule has 3 rings (SSSR count). The molecule has 0 saturated heterocycles. The summed E-state index contributed by atoms with van der Waals surface area (Å²) in [6, 6.07) is 10.5. The van der Waals surface area contributed by atoms with Gasteiger partial charge in [-0.3, -0.25) is 4.79 Å². The van der Waals surface area contributed by atoms with Crippen molar-refractivity contribution >= 4 is 5.91 Å². The molecular formula is C17H19N3O2. The minimum absolute atomic E-state index is 0.231. The molecule has 1 fully saturated rings. The Morgan fingerprint density at radius 2 is 2.00 bits per heavy atom. The molecule has 1 saturated carbocycles. The number of benzene rings is 1. The van der Waals surface area contributed by atoms with E-state index in [4.69, 9.17) is 0 Å². The molecule has 2 N–H and O–H groups in total. The van der Waals surface area contributed by atoms with Crippen LogP contribution in [0.1, 0.15) is 42.1 Å². The number of hydrogen-bond donors (Lipinski definition) is 2. The number of carbonyl (C=O) groups is 1. The fraction of sp³-hybridized carbons (Fsp3) is 0.353. The Morgan fingerprint density at radius 3 is 2.64 bits per heavy atom. The lowest BCUT2D eigenvalue weighted by molar-refractivity contribution is -0.130. The number of aryl methyl sites for hydroxylation is 1. The largest absolute Gasteiger partial charge is 0.378 e. The van der Waals surface area contributed by atoms with Crippen LogP contribution in [0.15, 0.2) is 42.6 Å². The van der Waals surface area contributed by atoms with Crippen LogP contribution in [0, 0.1) is 12.8 Å². The molecule has 2 aromatic rings. The lowest BCUT2D eigenvalue weighted by Crippen LogP contribution is -2.35. The number of aliphatic hydroxyl groups is 1. The zero-order chi connectivity index (χ0) is 15.5. The third kappa shape index (κ3) is 3.31. The van der Waals surface area contributed by atoms with Gasteiger partial charge < -0.3 is 10.4 Å². The van der Waals surface area contributed by atoms with E-state index in [0.29, 0.717) is 17.3 Å². The maximum Gasteiger partial charge on any atom is 0.254 e. The average molecular weight is 297 g/mol. The number of carbonyl (C=O) groups excluding carboxylic acids is 1. The number of nitrogens with zero attached hydrogens (tertiary/aromatic N) is 2. The van der Waals surface area contributed by atoms with Crippen LogP contribution in [-0.2, 0) is 4.79 Å². The second-order valence-corrected chi connectivity index (χ2v) is 5.69. The highest BCUT2D eigenvalue weighted by Crippen LogP contribution is 2.40. The molecule has 1 amide bonds. The fourth-order valence-electron chi connectivity index (χ4n) is 2.46. The highest BCUT2D eigenvalue weighted by molar-refractivity contribution is 5.82. The highest BCUT2D eigenvalue weighted by Gasteiger charge is 2.36. The third-order valence-electron chi connectivity index (χ3n) is 3.85. The second kappa shape index (κ2) is 6.23. The van der Waals surface area contributed by atoms with Crippen LogP contribution in [0.5, 0.6) is 0 Å². The molecule has 114 valence electrons. The van der Waals surface area contributed by atoms with Gasteiger partial charge in [-0.25, -0.2) is 9.97 Å².